The minimum absolute atomic E-state index is 0.164. The summed E-state index contributed by atoms with van der Waals surface area (Å²) in [6.45, 7) is 9.96. The first-order valence-electron chi connectivity index (χ1n) is 6.61. The highest BCUT2D eigenvalue weighted by atomic mass is 16.2. The van der Waals surface area contributed by atoms with Crippen molar-refractivity contribution in [2.24, 2.45) is 0 Å². The number of nitrogens with zero attached hydrogens (tertiary/aromatic N) is 1. The molecule has 1 fully saturated rings. The summed E-state index contributed by atoms with van der Waals surface area (Å²) >= 11 is 0. The molecule has 0 spiro atoms. The predicted molar refractivity (Wildman–Crippen MR) is 73.9 cm³/mol. The molecule has 1 aromatic carbocycles. The van der Waals surface area contributed by atoms with E-state index in [4.69, 9.17) is 0 Å². The van der Waals surface area contributed by atoms with Gasteiger partial charge in [0.05, 0.1) is 0 Å². The van der Waals surface area contributed by atoms with Gasteiger partial charge in [-0.1, -0.05) is 12.1 Å². The third-order valence-corrected chi connectivity index (χ3v) is 3.86. The third kappa shape index (κ3) is 2.41. The van der Waals surface area contributed by atoms with Crippen LogP contribution < -0.4 is 5.32 Å². The molecule has 1 aliphatic heterocycles. The zero-order valence-corrected chi connectivity index (χ0v) is 11.7. The van der Waals surface area contributed by atoms with Crippen LogP contribution in [0.15, 0.2) is 18.2 Å². The number of piperazine rings is 1. The van der Waals surface area contributed by atoms with E-state index in [0.717, 1.165) is 24.2 Å². The number of hydrogen-bond acceptors (Lipinski definition) is 2. The Bertz CT molecular complexity index is 456. The summed E-state index contributed by atoms with van der Waals surface area (Å²) in [4.78, 5) is 14.6. The van der Waals surface area contributed by atoms with Gasteiger partial charge in [0.25, 0.3) is 5.91 Å². The fourth-order valence-corrected chi connectivity index (χ4v) is 2.44. The van der Waals surface area contributed by atoms with Gasteiger partial charge in [-0.3, -0.25) is 4.79 Å². The van der Waals surface area contributed by atoms with Gasteiger partial charge in [-0.05, 0) is 44.9 Å². The molecule has 1 amide bonds. The summed E-state index contributed by atoms with van der Waals surface area (Å²) in [7, 11) is 0. The number of hydrogen-bond donors (Lipinski definition) is 1. The second kappa shape index (κ2) is 5.11. The van der Waals surface area contributed by atoms with Crippen molar-refractivity contribution in [3.8, 4) is 0 Å². The van der Waals surface area contributed by atoms with Gasteiger partial charge in [-0.25, -0.2) is 0 Å². The Kier molecular flexibility index (Phi) is 3.71. The van der Waals surface area contributed by atoms with E-state index in [9.17, 15) is 4.79 Å². The van der Waals surface area contributed by atoms with Crippen molar-refractivity contribution >= 4 is 5.91 Å². The maximum Gasteiger partial charge on any atom is 0.254 e. The van der Waals surface area contributed by atoms with Crippen LogP contribution in [-0.4, -0.2) is 36.0 Å². The lowest BCUT2D eigenvalue weighted by atomic mass is 10.0. The average Bonchev–Trinajstić information content (AvgIpc) is 2.35. The first-order chi connectivity index (χ1) is 8.50. The summed E-state index contributed by atoms with van der Waals surface area (Å²) in [5.74, 6) is 0.164. The smallest absolute Gasteiger partial charge is 0.254 e. The molecule has 0 saturated carbocycles. The summed E-state index contributed by atoms with van der Waals surface area (Å²) < 4.78 is 0. The van der Waals surface area contributed by atoms with Gasteiger partial charge >= 0.3 is 0 Å². The Labute approximate surface area is 109 Å². The second-order valence-electron chi connectivity index (χ2n) is 5.36. The molecule has 1 N–H and O–H groups in total. The zero-order chi connectivity index (χ0) is 13.3. The Hall–Kier alpha value is -1.35. The van der Waals surface area contributed by atoms with E-state index >= 15 is 0 Å². The number of nitrogens with one attached hydrogen (secondary N) is 1. The van der Waals surface area contributed by atoms with Crippen LogP contribution in [0.2, 0.25) is 0 Å². The van der Waals surface area contributed by atoms with Crippen LogP contribution in [0.1, 0.15) is 35.3 Å². The fraction of sp³-hybridized carbons (Fsp3) is 0.533. The van der Waals surface area contributed by atoms with E-state index in [-0.39, 0.29) is 11.9 Å². The molecular formula is C15H22N2O. The average molecular weight is 246 g/mol. The standard InChI is InChI=1S/C15H22N2O/c1-10-6-5-7-14(13(10)4)15(18)17-9-11(2)16-8-12(17)3/h5-7,11-12,16H,8-9H2,1-4H3. The molecule has 3 nitrogen and oxygen atoms in total. The molecule has 0 radical (unpaired) electrons. The normalized spacial score (nSPS) is 24.1. The molecule has 0 aromatic heterocycles. The zero-order valence-electron chi connectivity index (χ0n) is 11.7. The highest BCUT2D eigenvalue weighted by molar-refractivity contribution is 5.96. The van der Waals surface area contributed by atoms with Gasteiger partial charge in [-0.15, -0.1) is 0 Å². The van der Waals surface area contributed by atoms with Gasteiger partial charge in [0.2, 0.25) is 0 Å². The van der Waals surface area contributed by atoms with Crippen molar-refractivity contribution in [1.82, 2.24) is 10.2 Å². The van der Waals surface area contributed by atoms with Gasteiger partial charge in [-0.2, -0.15) is 0 Å². The Morgan fingerprint density at radius 3 is 2.78 bits per heavy atom. The topological polar surface area (TPSA) is 32.3 Å². The van der Waals surface area contributed by atoms with E-state index in [2.05, 4.69) is 32.2 Å². The van der Waals surface area contributed by atoms with Gasteiger partial charge in [0, 0.05) is 30.7 Å². The Morgan fingerprint density at radius 2 is 2.06 bits per heavy atom. The van der Waals surface area contributed by atoms with Crippen molar-refractivity contribution in [2.45, 2.75) is 39.8 Å². The molecule has 3 heteroatoms. The molecular weight excluding hydrogens is 224 g/mol. The van der Waals surface area contributed by atoms with E-state index in [1.54, 1.807) is 0 Å². The number of rotatable bonds is 1. The predicted octanol–water partition coefficient (Wildman–Crippen LogP) is 2.13. The highest BCUT2D eigenvalue weighted by Crippen LogP contribution is 2.18. The van der Waals surface area contributed by atoms with Crippen molar-refractivity contribution < 1.29 is 4.79 Å². The van der Waals surface area contributed by atoms with Crippen molar-refractivity contribution in [3.63, 3.8) is 0 Å². The van der Waals surface area contributed by atoms with Crippen LogP contribution in [-0.2, 0) is 0 Å². The first kappa shape index (κ1) is 13.1. The largest absolute Gasteiger partial charge is 0.333 e. The molecule has 0 aliphatic carbocycles. The van der Waals surface area contributed by atoms with E-state index in [1.807, 2.05) is 24.0 Å². The van der Waals surface area contributed by atoms with Crippen LogP contribution in [0.5, 0.6) is 0 Å². The molecule has 1 saturated heterocycles. The monoisotopic (exact) mass is 246 g/mol. The molecule has 2 rings (SSSR count). The SMILES string of the molecule is Cc1cccc(C(=O)N2CC(C)NCC2C)c1C. The number of aryl methyl sites for hydroxylation is 1. The van der Waals surface area contributed by atoms with Gasteiger partial charge in [0.15, 0.2) is 0 Å². The van der Waals surface area contributed by atoms with Crippen molar-refractivity contribution in [3.05, 3.63) is 34.9 Å². The maximum absolute atomic E-state index is 12.6. The molecule has 0 bridgehead atoms. The minimum Gasteiger partial charge on any atom is -0.333 e. The molecule has 18 heavy (non-hydrogen) atoms. The molecule has 2 atom stereocenters. The molecule has 1 aliphatic rings. The van der Waals surface area contributed by atoms with Crippen LogP contribution in [0.25, 0.3) is 0 Å². The molecule has 2 unspecified atom stereocenters. The van der Waals surface area contributed by atoms with Gasteiger partial charge in [0.1, 0.15) is 0 Å². The third-order valence-electron chi connectivity index (χ3n) is 3.86. The quantitative estimate of drug-likeness (QED) is 0.823. The Balaban J connectivity index is 2.27. The summed E-state index contributed by atoms with van der Waals surface area (Å²) in [6, 6.07) is 6.58. The van der Waals surface area contributed by atoms with Crippen LogP contribution in [0.4, 0.5) is 0 Å². The fourth-order valence-electron chi connectivity index (χ4n) is 2.44. The summed E-state index contributed by atoms with van der Waals surface area (Å²) in [5, 5.41) is 3.40. The van der Waals surface area contributed by atoms with Crippen molar-refractivity contribution in [1.29, 1.82) is 0 Å². The van der Waals surface area contributed by atoms with E-state index < -0.39 is 0 Å². The second-order valence-corrected chi connectivity index (χ2v) is 5.36. The molecule has 1 aromatic rings. The van der Waals surface area contributed by atoms with Crippen molar-refractivity contribution in [2.75, 3.05) is 13.1 Å². The number of amides is 1. The minimum atomic E-state index is 0.164. The number of carbonyl (C=O) groups is 1. The van der Waals surface area contributed by atoms with E-state index in [0.29, 0.717) is 6.04 Å². The molecule has 1 heterocycles. The van der Waals surface area contributed by atoms with Crippen LogP contribution in [0, 0.1) is 13.8 Å². The van der Waals surface area contributed by atoms with Gasteiger partial charge < -0.3 is 10.2 Å². The highest BCUT2D eigenvalue weighted by Gasteiger charge is 2.28. The van der Waals surface area contributed by atoms with Crippen LogP contribution in [0.3, 0.4) is 0 Å². The van der Waals surface area contributed by atoms with Crippen LogP contribution >= 0.6 is 0 Å². The summed E-state index contributed by atoms with van der Waals surface area (Å²) in [5.41, 5.74) is 3.12. The Morgan fingerprint density at radius 1 is 1.33 bits per heavy atom. The maximum atomic E-state index is 12.6. The molecule has 98 valence electrons. The number of carbonyl (C=O) groups excluding carboxylic acids is 1. The lowest BCUT2D eigenvalue weighted by Crippen LogP contribution is -2.56. The summed E-state index contributed by atoms with van der Waals surface area (Å²) in [6.07, 6.45) is 0. The number of benzene rings is 1. The van der Waals surface area contributed by atoms with E-state index in [1.165, 1.54) is 5.56 Å². The lowest BCUT2D eigenvalue weighted by Gasteiger charge is -2.38. The lowest BCUT2D eigenvalue weighted by molar-refractivity contribution is 0.0615. The first-order valence-corrected chi connectivity index (χ1v) is 6.61.